The lowest BCUT2D eigenvalue weighted by molar-refractivity contribution is -0.141. The number of carboxylic acids is 1. The molecule has 0 amide bonds. The second kappa shape index (κ2) is 5.65. The van der Waals surface area contributed by atoms with Gasteiger partial charge in [-0.2, -0.15) is 13.2 Å². The van der Waals surface area contributed by atoms with Crippen LogP contribution in [0.4, 0.5) is 19.0 Å². The van der Waals surface area contributed by atoms with E-state index in [0.29, 0.717) is 13.0 Å². The fourth-order valence-electron chi connectivity index (χ4n) is 1.35. The molecule has 1 N–H and O–H groups in total. The molecule has 1 aromatic rings. The topological polar surface area (TPSA) is 66.3 Å². The van der Waals surface area contributed by atoms with Crippen molar-refractivity contribution in [2.24, 2.45) is 0 Å². The zero-order chi connectivity index (χ0) is 13.8. The first-order valence-corrected chi connectivity index (χ1v) is 5.22. The second-order valence-corrected chi connectivity index (χ2v) is 3.59. The van der Waals surface area contributed by atoms with Gasteiger partial charge in [0.25, 0.3) is 0 Å². The van der Waals surface area contributed by atoms with Gasteiger partial charge in [-0.15, -0.1) is 10.2 Å². The van der Waals surface area contributed by atoms with Crippen LogP contribution in [0.3, 0.4) is 0 Å². The highest BCUT2D eigenvalue weighted by molar-refractivity contribution is 5.73. The predicted octanol–water partition coefficient (Wildman–Crippen LogP) is 1.80. The minimum Gasteiger partial charge on any atom is -0.480 e. The summed E-state index contributed by atoms with van der Waals surface area (Å²) in [6.45, 7) is 1.88. The Kier molecular flexibility index (Phi) is 4.46. The number of carboxylic acid groups (broad SMARTS) is 1. The van der Waals surface area contributed by atoms with E-state index in [9.17, 15) is 18.0 Å². The normalized spacial score (nSPS) is 11.3. The van der Waals surface area contributed by atoms with E-state index in [1.165, 1.54) is 4.90 Å². The first-order chi connectivity index (χ1) is 8.34. The summed E-state index contributed by atoms with van der Waals surface area (Å²) in [6.07, 6.45) is -3.90. The average Bonchev–Trinajstić information content (AvgIpc) is 2.27. The molecular weight excluding hydrogens is 251 g/mol. The highest BCUT2D eigenvalue weighted by Crippen LogP contribution is 2.27. The third-order valence-corrected chi connectivity index (χ3v) is 2.08. The fourth-order valence-corrected chi connectivity index (χ4v) is 1.35. The Labute approximate surface area is 101 Å². The van der Waals surface area contributed by atoms with E-state index in [1.54, 1.807) is 0 Å². The van der Waals surface area contributed by atoms with E-state index in [-0.39, 0.29) is 12.4 Å². The highest BCUT2D eigenvalue weighted by Gasteiger charge is 2.33. The number of rotatable bonds is 5. The van der Waals surface area contributed by atoms with E-state index in [0.717, 1.165) is 12.1 Å². The molecule has 5 nitrogen and oxygen atoms in total. The summed E-state index contributed by atoms with van der Waals surface area (Å²) in [5.74, 6) is -0.961. The van der Waals surface area contributed by atoms with Gasteiger partial charge in [0, 0.05) is 6.54 Å². The minimum absolute atomic E-state index is 0.118. The molecule has 0 atom stereocenters. The summed E-state index contributed by atoms with van der Waals surface area (Å²) < 4.78 is 36.8. The molecule has 1 heterocycles. The first kappa shape index (κ1) is 14.2. The fraction of sp³-hybridized carbons (Fsp3) is 0.500. The Morgan fingerprint density at radius 1 is 1.39 bits per heavy atom. The van der Waals surface area contributed by atoms with Crippen LogP contribution in [0.25, 0.3) is 0 Å². The van der Waals surface area contributed by atoms with Crippen LogP contribution in [0.1, 0.15) is 19.0 Å². The van der Waals surface area contributed by atoms with Crippen molar-refractivity contribution in [2.75, 3.05) is 18.0 Å². The quantitative estimate of drug-likeness (QED) is 0.877. The zero-order valence-corrected chi connectivity index (χ0v) is 9.61. The van der Waals surface area contributed by atoms with Crippen LogP contribution >= 0.6 is 0 Å². The summed E-state index contributed by atoms with van der Waals surface area (Å²) in [5.41, 5.74) is -1.10. The summed E-state index contributed by atoms with van der Waals surface area (Å²) >= 11 is 0. The molecule has 0 saturated heterocycles. The van der Waals surface area contributed by atoms with Gasteiger partial charge >= 0.3 is 12.1 Å². The third kappa shape index (κ3) is 3.86. The molecule has 0 radical (unpaired) electrons. The Hall–Kier alpha value is -1.86. The van der Waals surface area contributed by atoms with Gasteiger partial charge in [-0.3, -0.25) is 4.79 Å². The SMILES string of the molecule is CCCN(CC(=O)O)c1ccc(C(F)(F)F)nn1. The third-order valence-electron chi connectivity index (χ3n) is 2.08. The van der Waals surface area contributed by atoms with Crippen molar-refractivity contribution in [1.82, 2.24) is 10.2 Å². The van der Waals surface area contributed by atoms with Crippen molar-refractivity contribution in [3.63, 3.8) is 0 Å². The van der Waals surface area contributed by atoms with Crippen molar-refractivity contribution in [1.29, 1.82) is 0 Å². The molecule has 0 aliphatic rings. The minimum atomic E-state index is -4.55. The lowest BCUT2D eigenvalue weighted by Crippen LogP contribution is -2.31. The number of hydrogen-bond acceptors (Lipinski definition) is 4. The Morgan fingerprint density at radius 3 is 2.44 bits per heavy atom. The molecule has 18 heavy (non-hydrogen) atoms. The van der Waals surface area contributed by atoms with Crippen molar-refractivity contribution >= 4 is 11.8 Å². The van der Waals surface area contributed by atoms with Crippen molar-refractivity contribution < 1.29 is 23.1 Å². The van der Waals surface area contributed by atoms with Gasteiger partial charge < -0.3 is 10.0 Å². The number of halogens is 3. The number of carbonyl (C=O) groups is 1. The molecule has 0 aromatic carbocycles. The van der Waals surface area contributed by atoms with E-state index in [1.807, 2.05) is 6.92 Å². The number of alkyl halides is 3. The smallest absolute Gasteiger partial charge is 0.435 e. The number of hydrogen-bond donors (Lipinski definition) is 1. The van der Waals surface area contributed by atoms with Gasteiger partial charge in [0.05, 0.1) is 0 Å². The Morgan fingerprint density at radius 2 is 2.06 bits per heavy atom. The molecule has 0 spiro atoms. The molecule has 8 heteroatoms. The number of aliphatic carboxylic acids is 1. The lowest BCUT2D eigenvalue weighted by atomic mass is 10.3. The summed E-state index contributed by atoms with van der Waals surface area (Å²) in [7, 11) is 0. The monoisotopic (exact) mass is 263 g/mol. The van der Waals surface area contributed by atoms with Crippen LogP contribution in [0.2, 0.25) is 0 Å². The largest absolute Gasteiger partial charge is 0.480 e. The zero-order valence-electron chi connectivity index (χ0n) is 9.61. The van der Waals surface area contributed by atoms with Gasteiger partial charge in [-0.05, 0) is 18.6 Å². The molecule has 100 valence electrons. The van der Waals surface area contributed by atoms with Crippen molar-refractivity contribution in [2.45, 2.75) is 19.5 Å². The maximum absolute atomic E-state index is 12.3. The molecule has 1 aromatic heterocycles. The summed E-state index contributed by atoms with van der Waals surface area (Å²) in [5, 5.41) is 15.1. The van der Waals surface area contributed by atoms with E-state index >= 15 is 0 Å². The summed E-state index contributed by atoms with van der Waals surface area (Å²) in [6, 6.07) is 1.90. The van der Waals surface area contributed by atoms with E-state index in [2.05, 4.69) is 10.2 Å². The summed E-state index contributed by atoms with van der Waals surface area (Å²) in [4.78, 5) is 12.0. The molecule has 0 aliphatic carbocycles. The second-order valence-electron chi connectivity index (χ2n) is 3.59. The van der Waals surface area contributed by atoms with E-state index < -0.39 is 17.8 Å². The molecule has 0 aliphatic heterocycles. The lowest BCUT2D eigenvalue weighted by Gasteiger charge is -2.20. The number of nitrogens with zero attached hydrogens (tertiary/aromatic N) is 3. The van der Waals surface area contributed by atoms with Crippen LogP contribution in [-0.2, 0) is 11.0 Å². The molecular formula is C10H12F3N3O2. The van der Waals surface area contributed by atoms with Crippen molar-refractivity contribution in [3.8, 4) is 0 Å². The molecule has 1 rings (SSSR count). The van der Waals surface area contributed by atoms with Crippen LogP contribution in [0.15, 0.2) is 12.1 Å². The average molecular weight is 263 g/mol. The van der Waals surface area contributed by atoms with Crippen LogP contribution in [0, 0.1) is 0 Å². The van der Waals surface area contributed by atoms with Gasteiger partial charge in [0.2, 0.25) is 0 Å². The molecule has 0 fully saturated rings. The molecule has 0 bridgehead atoms. The molecule has 0 saturated carbocycles. The van der Waals surface area contributed by atoms with Gasteiger partial charge in [0.15, 0.2) is 11.5 Å². The van der Waals surface area contributed by atoms with Crippen LogP contribution in [-0.4, -0.2) is 34.4 Å². The maximum atomic E-state index is 12.3. The number of aromatic nitrogens is 2. The molecule has 0 unspecified atom stereocenters. The van der Waals surface area contributed by atoms with Gasteiger partial charge in [0.1, 0.15) is 6.54 Å². The maximum Gasteiger partial charge on any atom is 0.435 e. The van der Waals surface area contributed by atoms with Gasteiger partial charge in [-0.25, -0.2) is 0 Å². The Balaban J connectivity index is 2.90. The Bertz CT molecular complexity index is 406. The van der Waals surface area contributed by atoms with Gasteiger partial charge in [-0.1, -0.05) is 6.92 Å². The van der Waals surface area contributed by atoms with Crippen LogP contribution < -0.4 is 4.90 Å². The standard InChI is InChI=1S/C10H12F3N3O2/c1-2-5-16(6-9(17)18)8-4-3-7(14-15-8)10(11,12)13/h3-4H,2,5-6H2,1H3,(H,17,18). The van der Waals surface area contributed by atoms with E-state index in [4.69, 9.17) is 5.11 Å². The van der Waals surface area contributed by atoms with Crippen molar-refractivity contribution in [3.05, 3.63) is 17.8 Å². The van der Waals surface area contributed by atoms with Crippen LogP contribution in [0.5, 0.6) is 0 Å². The predicted molar refractivity (Wildman–Crippen MR) is 57.2 cm³/mol. The number of anilines is 1. The highest BCUT2D eigenvalue weighted by atomic mass is 19.4. The first-order valence-electron chi connectivity index (χ1n) is 5.22.